The minimum atomic E-state index is -5.95. The molecule has 0 heterocycles. The third-order valence-corrected chi connectivity index (χ3v) is 2.02. The highest BCUT2D eigenvalue weighted by molar-refractivity contribution is 4.84. The van der Waals surface area contributed by atoms with Crippen molar-refractivity contribution in [1.82, 2.24) is 0 Å². The van der Waals surface area contributed by atoms with Crippen LogP contribution in [0.25, 0.3) is 0 Å². The smallest absolute Gasteiger partial charge is 0.331 e. The summed E-state index contributed by atoms with van der Waals surface area (Å²) in [5, 5.41) is 7.68. The van der Waals surface area contributed by atoms with E-state index in [1.807, 2.05) is 6.92 Å². The standard InChI is InChI=1S/C9H14F6O2/c1-2-3-4-5-6-17-9(14,15)7(10,11)8(12,13)16/h16H,2-6H2,1H3. The lowest BCUT2D eigenvalue weighted by molar-refractivity contribution is -0.441. The maximum Gasteiger partial charge on any atom is 0.428 e. The Kier molecular flexibility index (Phi) is 5.73. The molecule has 0 aliphatic rings. The van der Waals surface area contributed by atoms with Gasteiger partial charge in [0, 0.05) is 0 Å². The van der Waals surface area contributed by atoms with E-state index in [4.69, 9.17) is 5.11 Å². The summed E-state index contributed by atoms with van der Waals surface area (Å²) in [6, 6.07) is 0. The molecule has 0 aromatic heterocycles. The first kappa shape index (κ1) is 16.5. The second-order valence-corrected chi connectivity index (χ2v) is 3.54. The summed E-state index contributed by atoms with van der Waals surface area (Å²) in [6.07, 6.45) is -9.23. The molecule has 0 amide bonds. The van der Waals surface area contributed by atoms with Crippen molar-refractivity contribution in [3.05, 3.63) is 0 Å². The molecule has 0 fully saturated rings. The van der Waals surface area contributed by atoms with Gasteiger partial charge in [0.05, 0.1) is 6.61 Å². The molecule has 0 aromatic rings. The summed E-state index contributed by atoms with van der Waals surface area (Å²) in [4.78, 5) is 0. The van der Waals surface area contributed by atoms with Gasteiger partial charge in [-0.15, -0.1) is 0 Å². The summed E-state index contributed by atoms with van der Waals surface area (Å²) >= 11 is 0. The third kappa shape index (κ3) is 4.34. The van der Waals surface area contributed by atoms with Gasteiger partial charge < -0.3 is 9.84 Å². The molecule has 0 unspecified atom stereocenters. The second-order valence-electron chi connectivity index (χ2n) is 3.54. The lowest BCUT2D eigenvalue weighted by Gasteiger charge is -2.28. The van der Waals surface area contributed by atoms with Crippen molar-refractivity contribution in [1.29, 1.82) is 0 Å². The highest BCUT2D eigenvalue weighted by Crippen LogP contribution is 2.44. The maximum atomic E-state index is 12.6. The van der Waals surface area contributed by atoms with Crippen molar-refractivity contribution in [2.24, 2.45) is 0 Å². The molecular formula is C9H14F6O2. The SMILES string of the molecule is CCCCCCOC(F)(F)C(F)(F)C(O)(F)F. The Morgan fingerprint density at radius 2 is 1.47 bits per heavy atom. The summed E-state index contributed by atoms with van der Waals surface area (Å²) < 4.78 is 77.2. The molecule has 0 bridgehead atoms. The van der Waals surface area contributed by atoms with Crippen LogP contribution in [-0.2, 0) is 4.74 Å². The monoisotopic (exact) mass is 268 g/mol. The van der Waals surface area contributed by atoms with Crippen molar-refractivity contribution in [2.75, 3.05) is 6.61 Å². The van der Waals surface area contributed by atoms with Crippen molar-refractivity contribution in [3.63, 3.8) is 0 Å². The van der Waals surface area contributed by atoms with E-state index in [1.54, 1.807) is 0 Å². The van der Waals surface area contributed by atoms with Gasteiger partial charge in [-0.2, -0.15) is 26.3 Å². The van der Waals surface area contributed by atoms with E-state index < -0.39 is 24.7 Å². The van der Waals surface area contributed by atoms with E-state index in [-0.39, 0.29) is 6.42 Å². The molecule has 0 aliphatic heterocycles. The van der Waals surface area contributed by atoms with Crippen LogP contribution in [0.2, 0.25) is 0 Å². The first-order chi connectivity index (χ1) is 7.56. The van der Waals surface area contributed by atoms with Gasteiger partial charge >= 0.3 is 18.1 Å². The van der Waals surface area contributed by atoms with Crippen molar-refractivity contribution >= 4 is 0 Å². The molecule has 104 valence electrons. The number of aliphatic hydroxyl groups is 1. The Balaban J connectivity index is 4.28. The lowest BCUT2D eigenvalue weighted by atomic mass is 10.2. The van der Waals surface area contributed by atoms with Crippen molar-refractivity contribution in [2.45, 2.75) is 50.7 Å². The highest BCUT2D eigenvalue weighted by Gasteiger charge is 2.73. The minimum absolute atomic E-state index is 0.0521. The predicted octanol–water partition coefficient (Wildman–Crippen LogP) is 3.40. The average Bonchev–Trinajstić information content (AvgIpc) is 2.15. The summed E-state index contributed by atoms with van der Waals surface area (Å²) in [6.45, 7) is 1.06. The van der Waals surface area contributed by atoms with E-state index in [0.29, 0.717) is 12.8 Å². The Bertz CT molecular complexity index is 226. The van der Waals surface area contributed by atoms with Gasteiger partial charge in [-0.3, -0.25) is 0 Å². The Hall–Kier alpha value is -0.500. The van der Waals surface area contributed by atoms with Crippen LogP contribution in [0.15, 0.2) is 0 Å². The van der Waals surface area contributed by atoms with Crippen LogP contribution in [0.4, 0.5) is 26.3 Å². The molecule has 0 spiro atoms. The zero-order valence-electron chi connectivity index (χ0n) is 9.16. The second kappa shape index (κ2) is 5.90. The van der Waals surface area contributed by atoms with E-state index in [2.05, 4.69) is 4.74 Å². The number of unbranched alkanes of at least 4 members (excludes halogenated alkanes) is 3. The van der Waals surface area contributed by atoms with Crippen molar-refractivity contribution < 1.29 is 36.2 Å². The first-order valence-electron chi connectivity index (χ1n) is 5.06. The van der Waals surface area contributed by atoms with Gasteiger partial charge in [0.15, 0.2) is 0 Å². The molecule has 1 N–H and O–H groups in total. The maximum absolute atomic E-state index is 12.6. The molecule has 0 aromatic carbocycles. The molecule has 0 saturated heterocycles. The fourth-order valence-electron chi connectivity index (χ4n) is 0.995. The first-order valence-corrected chi connectivity index (χ1v) is 5.06. The van der Waals surface area contributed by atoms with Crippen molar-refractivity contribution in [3.8, 4) is 0 Å². The van der Waals surface area contributed by atoms with Gasteiger partial charge in [0.25, 0.3) is 0 Å². The average molecular weight is 268 g/mol. The molecular weight excluding hydrogens is 254 g/mol. The Morgan fingerprint density at radius 1 is 0.941 bits per heavy atom. The number of alkyl halides is 6. The normalized spacial score (nSPS) is 14.1. The minimum Gasteiger partial charge on any atom is -0.331 e. The van der Waals surface area contributed by atoms with Crippen LogP contribution in [0.5, 0.6) is 0 Å². The number of ether oxygens (including phenoxy) is 1. The van der Waals surface area contributed by atoms with Gasteiger partial charge in [-0.05, 0) is 6.42 Å². The summed E-state index contributed by atoms with van der Waals surface area (Å²) in [5.41, 5.74) is 0. The summed E-state index contributed by atoms with van der Waals surface area (Å²) in [5.74, 6) is -5.95. The van der Waals surface area contributed by atoms with Crippen LogP contribution in [0, 0.1) is 0 Å². The Morgan fingerprint density at radius 3 is 1.88 bits per heavy atom. The van der Waals surface area contributed by atoms with Gasteiger partial charge in [-0.25, -0.2) is 0 Å². The molecule has 8 heteroatoms. The van der Waals surface area contributed by atoms with E-state index >= 15 is 0 Å². The lowest BCUT2D eigenvalue weighted by Crippen LogP contribution is -2.55. The molecule has 0 saturated carbocycles. The molecule has 0 atom stereocenters. The predicted molar refractivity (Wildman–Crippen MR) is 47.2 cm³/mol. The van der Waals surface area contributed by atoms with Crippen LogP contribution < -0.4 is 0 Å². The van der Waals surface area contributed by atoms with Gasteiger partial charge in [0.2, 0.25) is 0 Å². The number of rotatable bonds is 8. The van der Waals surface area contributed by atoms with E-state index in [1.165, 1.54) is 0 Å². The largest absolute Gasteiger partial charge is 0.428 e. The highest BCUT2D eigenvalue weighted by atomic mass is 19.4. The quantitative estimate of drug-likeness (QED) is 0.540. The van der Waals surface area contributed by atoms with E-state index in [9.17, 15) is 26.3 Å². The van der Waals surface area contributed by atoms with E-state index in [0.717, 1.165) is 6.42 Å². The number of halogens is 6. The zero-order valence-corrected chi connectivity index (χ0v) is 9.16. The third-order valence-electron chi connectivity index (χ3n) is 2.02. The number of hydrogen-bond donors (Lipinski definition) is 1. The van der Waals surface area contributed by atoms with Gasteiger partial charge in [0.1, 0.15) is 0 Å². The molecule has 2 nitrogen and oxygen atoms in total. The van der Waals surface area contributed by atoms with Crippen LogP contribution in [0.1, 0.15) is 32.6 Å². The Labute approximate surface area is 94.6 Å². The van der Waals surface area contributed by atoms with Crippen LogP contribution in [0.3, 0.4) is 0 Å². The zero-order chi connectivity index (χ0) is 13.7. The fourth-order valence-corrected chi connectivity index (χ4v) is 0.995. The van der Waals surface area contributed by atoms with Crippen LogP contribution in [-0.4, -0.2) is 29.9 Å². The van der Waals surface area contributed by atoms with Gasteiger partial charge in [-0.1, -0.05) is 26.2 Å². The molecule has 0 radical (unpaired) electrons. The fraction of sp³-hybridized carbons (Fsp3) is 1.00. The molecule has 17 heavy (non-hydrogen) atoms. The molecule has 0 rings (SSSR count). The summed E-state index contributed by atoms with van der Waals surface area (Å²) in [7, 11) is 0. The molecule has 0 aliphatic carbocycles. The van der Waals surface area contributed by atoms with Crippen LogP contribution >= 0.6 is 0 Å². The topological polar surface area (TPSA) is 29.5 Å². The number of hydrogen-bond acceptors (Lipinski definition) is 2.